The maximum atomic E-state index is 10.5. The van der Waals surface area contributed by atoms with Crippen molar-refractivity contribution < 1.29 is 9.42 Å². The second kappa shape index (κ2) is 6.53. The molecule has 0 bridgehead atoms. The molecule has 0 aliphatic rings. The molecule has 0 saturated heterocycles. The van der Waals surface area contributed by atoms with E-state index in [4.69, 9.17) is 16.3 Å². The first-order valence-electron chi connectivity index (χ1n) is 6.63. The van der Waals surface area contributed by atoms with Crippen LogP contribution in [-0.4, -0.2) is 4.89 Å². The minimum Gasteiger partial charge on any atom is -0.436 e. The Bertz CT molecular complexity index is 656. The third kappa shape index (κ3) is 4.58. The van der Waals surface area contributed by atoms with Crippen LogP contribution in [0.5, 0.6) is 5.75 Å². The van der Waals surface area contributed by atoms with E-state index in [1.165, 1.54) is 16.9 Å². The zero-order valence-electron chi connectivity index (χ0n) is 12.6. The smallest absolute Gasteiger partial charge is 0.299 e. The van der Waals surface area contributed by atoms with E-state index in [-0.39, 0.29) is 0 Å². The Morgan fingerprint density at radius 2 is 1.52 bits per heavy atom. The summed E-state index contributed by atoms with van der Waals surface area (Å²) in [7, 11) is 0. The zero-order valence-corrected chi connectivity index (χ0v) is 15.1. The largest absolute Gasteiger partial charge is 0.436 e. The van der Waals surface area contributed by atoms with Crippen LogP contribution in [0.25, 0.3) is 0 Å². The highest BCUT2D eigenvalue weighted by molar-refractivity contribution is 8.67. The van der Waals surface area contributed by atoms with E-state index in [2.05, 4.69) is 6.07 Å². The predicted molar refractivity (Wildman–Crippen MR) is 94.8 cm³/mol. The second-order valence-corrected chi connectivity index (χ2v) is 11.1. The lowest BCUT2D eigenvalue weighted by molar-refractivity contribution is 0.502. The van der Waals surface area contributed by atoms with E-state index in [0.29, 0.717) is 5.75 Å². The van der Waals surface area contributed by atoms with Crippen molar-refractivity contribution in [2.75, 3.05) is 0 Å². The minimum absolute atomic E-state index is 0.656. The van der Waals surface area contributed by atoms with Crippen molar-refractivity contribution in [3.8, 4) is 5.75 Å². The topological polar surface area (TPSA) is 29.5 Å². The summed E-state index contributed by atoms with van der Waals surface area (Å²) in [6.07, 6.45) is 0. The van der Waals surface area contributed by atoms with Gasteiger partial charge in [-0.05, 0) is 74.1 Å². The quantitative estimate of drug-likeness (QED) is 0.765. The molecule has 2 aromatic carbocycles. The molecular weight excluding hydrogens is 319 g/mol. The van der Waals surface area contributed by atoms with Crippen molar-refractivity contribution >= 4 is 28.9 Å². The lowest BCUT2D eigenvalue weighted by atomic mass is 10.1. The van der Waals surface area contributed by atoms with E-state index < -0.39 is 5.69 Å². The minimum atomic E-state index is -2.97. The Labute approximate surface area is 135 Å². The number of rotatable bonds is 4. The normalized spacial score (nSPS) is 13.8. The van der Waals surface area contributed by atoms with Crippen molar-refractivity contribution in [2.24, 2.45) is 0 Å². The molecule has 0 heterocycles. The number of aryl methyl sites for hydroxylation is 4. The SMILES string of the molecule is Cc1ccc(OP(O)(=S)Sc2ccc(C)cc2C)c(C)c1. The maximum absolute atomic E-state index is 10.5. The van der Waals surface area contributed by atoms with E-state index in [1.54, 1.807) is 0 Å². The van der Waals surface area contributed by atoms with Crippen molar-refractivity contribution in [1.29, 1.82) is 0 Å². The molecule has 1 N–H and O–H groups in total. The van der Waals surface area contributed by atoms with Crippen molar-refractivity contribution in [3.05, 3.63) is 58.7 Å². The summed E-state index contributed by atoms with van der Waals surface area (Å²) in [5.74, 6) is 0.656. The summed E-state index contributed by atoms with van der Waals surface area (Å²) in [5.41, 5.74) is 1.47. The highest BCUT2D eigenvalue weighted by Gasteiger charge is 2.20. The van der Waals surface area contributed by atoms with Gasteiger partial charge < -0.3 is 9.42 Å². The van der Waals surface area contributed by atoms with Crippen LogP contribution in [0, 0.1) is 27.7 Å². The van der Waals surface area contributed by atoms with Gasteiger partial charge in [0.25, 0.3) is 5.69 Å². The molecule has 0 aliphatic carbocycles. The van der Waals surface area contributed by atoms with Crippen LogP contribution >= 0.6 is 17.1 Å². The van der Waals surface area contributed by atoms with Gasteiger partial charge in [-0.3, -0.25) is 0 Å². The molecule has 112 valence electrons. The Morgan fingerprint density at radius 1 is 0.952 bits per heavy atom. The summed E-state index contributed by atoms with van der Waals surface area (Å²) in [4.78, 5) is 11.4. The fraction of sp³-hybridized carbons (Fsp3) is 0.250. The summed E-state index contributed by atoms with van der Waals surface area (Å²) in [6.45, 7) is 8.04. The maximum Gasteiger partial charge on any atom is 0.299 e. The number of hydrogen-bond donors (Lipinski definition) is 1. The third-order valence-corrected chi connectivity index (χ3v) is 6.80. The fourth-order valence-electron chi connectivity index (χ4n) is 2.07. The van der Waals surface area contributed by atoms with Crippen LogP contribution in [0.4, 0.5) is 0 Å². The van der Waals surface area contributed by atoms with E-state index in [1.807, 2.05) is 58.0 Å². The monoisotopic (exact) mass is 338 g/mol. The molecule has 1 unspecified atom stereocenters. The van der Waals surface area contributed by atoms with Crippen LogP contribution in [0.3, 0.4) is 0 Å². The van der Waals surface area contributed by atoms with Gasteiger partial charge in [0.2, 0.25) is 0 Å². The summed E-state index contributed by atoms with van der Waals surface area (Å²) in [5, 5.41) is 0. The molecule has 0 aliphatic heterocycles. The molecule has 2 nitrogen and oxygen atoms in total. The van der Waals surface area contributed by atoms with E-state index in [0.717, 1.165) is 21.6 Å². The molecular formula is C16H19O2PS2. The Hall–Kier alpha value is -0.800. The first-order valence-corrected chi connectivity index (χ1v) is 10.7. The molecule has 0 aromatic heterocycles. The molecule has 0 amide bonds. The average molecular weight is 338 g/mol. The van der Waals surface area contributed by atoms with Gasteiger partial charge in [-0.15, -0.1) is 0 Å². The molecule has 2 aromatic rings. The zero-order chi connectivity index (χ0) is 15.6. The number of benzene rings is 2. The molecule has 0 saturated carbocycles. The average Bonchev–Trinajstić information content (AvgIpc) is 2.36. The van der Waals surface area contributed by atoms with Gasteiger partial charge in [-0.2, -0.15) is 0 Å². The number of hydrogen-bond acceptors (Lipinski definition) is 3. The third-order valence-electron chi connectivity index (χ3n) is 3.09. The van der Waals surface area contributed by atoms with Gasteiger partial charge >= 0.3 is 0 Å². The first-order chi connectivity index (χ1) is 9.77. The molecule has 0 fully saturated rings. The van der Waals surface area contributed by atoms with Gasteiger partial charge in [0.05, 0.1) is 0 Å². The van der Waals surface area contributed by atoms with Crippen LogP contribution in [-0.2, 0) is 11.8 Å². The fourth-order valence-corrected chi connectivity index (χ4v) is 5.82. The van der Waals surface area contributed by atoms with Crippen LogP contribution < -0.4 is 4.52 Å². The molecule has 2 rings (SSSR count). The molecule has 1 atom stereocenters. The van der Waals surface area contributed by atoms with Crippen molar-refractivity contribution in [1.82, 2.24) is 0 Å². The Kier molecular flexibility index (Phi) is 5.15. The molecule has 0 radical (unpaired) electrons. The summed E-state index contributed by atoms with van der Waals surface area (Å²) < 4.78 is 5.72. The second-order valence-electron chi connectivity index (χ2n) is 5.19. The first kappa shape index (κ1) is 16.6. The Morgan fingerprint density at radius 3 is 2.10 bits per heavy atom. The molecule has 5 heteroatoms. The van der Waals surface area contributed by atoms with Crippen LogP contribution in [0.15, 0.2) is 41.3 Å². The van der Waals surface area contributed by atoms with Gasteiger partial charge in [0.15, 0.2) is 0 Å². The lowest BCUT2D eigenvalue weighted by Crippen LogP contribution is -1.92. The summed E-state index contributed by atoms with van der Waals surface area (Å²) in [6, 6.07) is 11.9. The highest BCUT2D eigenvalue weighted by atomic mass is 32.9. The van der Waals surface area contributed by atoms with Gasteiger partial charge in [0.1, 0.15) is 5.75 Å². The van der Waals surface area contributed by atoms with Crippen molar-refractivity contribution in [3.63, 3.8) is 0 Å². The van der Waals surface area contributed by atoms with Crippen molar-refractivity contribution in [2.45, 2.75) is 32.6 Å². The lowest BCUT2D eigenvalue weighted by Gasteiger charge is -2.18. The van der Waals surface area contributed by atoms with Gasteiger partial charge in [-0.25, -0.2) is 0 Å². The molecule has 21 heavy (non-hydrogen) atoms. The van der Waals surface area contributed by atoms with Crippen LogP contribution in [0.1, 0.15) is 22.3 Å². The van der Waals surface area contributed by atoms with E-state index in [9.17, 15) is 4.89 Å². The van der Waals surface area contributed by atoms with Gasteiger partial charge in [0, 0.05) is 4.90 Å². The predicted octanol–water partition coefficient (Wildman–Crippen LogP) is 5.31. The Balaban J connectivity index is 2.20. The standard InChI is InChI=1S/C16H19O2PS2/c1-11-5-7-15(13(3)9-11)18-19(17,20)21-16-8-6-12(2)10-14(16)4/h5-10H,1-4H3,(H,17,20). The van der Waals surface area contributed by atoms with E-state index >= 15 is 0 Å². The van der Waals surface area contributed by atoms with Crippen LogP contribution in [0.2, 0.25) is 0 Å². The van der Waals surface area contributed by atoms with Gasteiger partial charge in [-0.1, -0.05) is 35.4 Å². The highest BCUT2D eigenvalue weighted by Crippen LogP contribution is 2.60. The summed E-state index contributed by atoms with van der Waals surface area (Å²) >= 11 is 6.55. The molecule has 0 spiro atoms.